The third-order valence-electron chi connectivity index (χ3n) is 4.28. The molecule has 130 valence electrons. The van der Waals surface area contributed by atoms with Gasteiger partial charge in [0.2, 0.25) is 5.89 Å². The van der Waals surface area contributed by atoms with Crippen LogP contribution in [-0.2, 0) is 17.8 Å². The van der Waals surface area contributed by atoms with E-state index in [2.05, 4.69) is 10.3 Å². The molecule has 1 aliphatic heterocycles. The van der Waals surface area contributed by atoms with E-state index in [4.69, 9.17) is 4.42 Å². The molecule has 6 heteroatoms. The van der Waals surface area contributed by atoms with E-state index in [-0.39, 0.29) is 12.5 Å². The van der Waals surface area contributed by atoms with Crippen LogP contribution in [0.15, 0.2) is 71.3 Å². The molecular weight excluding hydrogens is 330 g/mol. The number of urea groups is 1. The summed E-state index contributed by atoms with van der Waals surface area (Å²) in [7, 11) is 0. The molecule has 0 bridgehead atoms. The van der Waals surface area contributed by atoms with E-state index in [1.807, 2.05) is 60.7 Å². The van der Waals surface area contributed by atoms with Crippen LogP contribution < -0.4 is 5.32 Å². The molecule has 26 heavy (non-hydrogen) atoms. The van der Waals surface area contributed by atoms with Crippen molar-refractivity contribution < 1.29 is 14.0 Å². The smallest absolute Gasteiger partial charge is 0.325 e. The van der Waals surface area contributed by atoms with Gasteiger partial charge in [0, 0.05) is 12.0 Å². The molecule has 1 aromatic heterocycles. The standard InChI is InChI=1S/C20H17N3O3/c24-19-17(11-14-7-3-1-4-8-14)22-20(25)23(19)12-16-13-26-18(21-16)15-9-5-2-6-10-15/h1-10,13,17H,11-12H2,(H,22,25)/t17-/m0/s1. The molecule has 1 fully saturated rings. The lowest BCUT2D eigenvalue weighted by Gasteiger charge is -2.11. The van der Waals surface area contributed by atoms with Gasteiger partial charge < -0.3 is 9.73 Å². The van der Waals surface area contributed by atoms with Gasteiger partial charge in [-0.15, -0.1) is 0 Å². The fourth-order valence-electron chi connectivity index (χ4n) is 2.97. The first-order valence-corrected chi connectivity index (χ1v) is 8.36. The molecule has 6 nitrogen and oxygen atoms in total. The van der Waals surface area contributed by atoms with Crippen molar-refractivity contribution in [2.24, 2.45) is 0 Å². The van der Waals surface area contributed by atoms with E-state index >= 15 is 0 Å². The number of carbonyl (C=O) groups excluding carboxylic acids is 2. The van der Waals surface area contributed by atoms with Gasteiger partial charge in [-0.1, -0.05) is 48.5 Å². The second-order valence-corrected chi connectivity index (χ2v) is 6.13. The molecule has 1 saturated heterocycles. The third kappa shape index (κ3) is 3.21. The summed E-state index contributed by atoms with van der Waals surface area (Å²) in [6.45, 7) is 0.0896. The maximum Gasteiger partial charge on any atom is 0.325 e. The monoisotopic (exact) mass is 347 g/mol. The summed E-state index contributed by atoms with van der Waals surface area (Å²) in [5.41, 5.74) is 2.38. The normalized spacial score (nSPS) is 16.8. The molecule has 2 heterocycles. The van der Waals surface area contributed by atoms with Crippen molar-refractivity contribution >= 4 is 11.9 Å². The number of hydrogen-bond donors (Lipinski definition) is 1. The molecule has 3 amide bonds. The second kappa shape index (κ2) is 6.84. The average Bonchev–Trinajstić information content (AvgIpc) is 3.24. The van der Waals surface area contributed by atoms with Crippen LogP contribution in [0.3, 0.4) is 0 Å². The first kappa shape index (κ1) is 16.1. The number of hydrogen-bond acceptors (Lipinski definition) is 4. The van der Waals surface area contributed by atoms with Crippen LogP contribution in [0.2, 0.25) is 0 Å². The van der Waals surface area contributed by atoms with Crippen molar-refractivity contribution in [2.75, 3.05) is 0 Å². The van der Waals surface area contributed by atoms with Crippen molar-refractivity contribution in [2.45, 2.75) is 19.0 Å². The Labute approximate surface area is 150 Å². The predicted octanol–water partition coefficient (Wildman–Crippen LogP) is 3.00. The number of oxazole rings is 1. The number of benzene rings is 2. The Bertz CT molecular complexity index is 922. The van der Waals surface area contributed by atoms with Gasteiger partial charge >= 0.3 is 6.03 Å². The lowest BCUT2D eigenvalue weighted by Crippen LogP contribution is -2.32. The molecule has 0 spiro atoms. The summed E-state index contributed by atoms with van der Waals surface area (Å²) in [5.74, 6) is 0.219. The Hall–Kier alpha value is -3.41. The average molecular weight is 347 g/mol. The zero-order valence-corrected chi connectivity index (χ0v) is 14.0. The van der Waals surface area contributed by atoms with Gasteiger partial charge in [-0.05, 0) is 17.7 Å². The van der Waals surface area contributed by atoms with Crippen LogP contribution in [0.4, 0.5) is 4.79 Å². The maximum absolute atomic E-state index is 12.6. The quantitative estimate of drug-likeness (QED) is 0.720. The lowest BCUT2D eigenvalue weighted by atomic mass is 10.1. The molecule has 0 unspecified atom stereocenters. The SMILES string of the molecule is O=C1N[C@@H](Cc2ccccc2)C(=O)N1Cc1coc(-c2ccccc2)n1. The Morgan fingerprint density at radius 2 is 1.69 bits per heavy atom. The van der Waals surface area contributed by atoms with E-state index in [1.165, 1.54) is 11.2 Å². The number of nitrogens with zero attached hydrogens (tertiary/aromatic N) is 2. The van der Waals surface area contributed by atoms with E-state index in [0.717, 1.165) is 11.1 Å². The van der Waals surface area contributed by atoms with Crippen LogP contribution >= 0.6 is 0 Å². The summed E-state index contributed by atoms with van der Waals surface area (Å²) in [6, 6.07) is 18.1. The molecule has 1 atom stereocenters. The van der Waals surface area contributed by atoms with Gasteiger partial charge in [0.1, 0.15) is 12.3 Å². The molecule has 0 aliphatic carbocycles. The highest BCUT2D eigenvalue weighted by molar-refractivity contribution is 6.04. The van der Waals surface area contributed by atoms with E-state index in [9.17, 15) is 9.59 Å². The fraction of sp³-hybridized carbons (Fsp3) is 0.150. The number of aromatic nitrogens is 1. The van der Waals surface area contributed by atoms with Crippen LogP contribution in [0, 0.1) is 0 Å². The number of rotatable bonds is 5. The molecule has 2 aromatic carbocycles. The number of amides is 3. The molecule has 3 aromatic rings. The molecule has 0 radical (unpaired) electrons. The van der Waals surface area contributed by atoms with Crippen molar-refractivity contribution in [3.05, 3.63) is 78.2 Å². The van der Waals surface area contributed by atoms with Gasteiger partial charge in [0.15, 0.2) is 0 Å². The number of imide groups is 1. The summed E-state index contributed by atoms with van der Waals surface area (Å²) in [6.07, 6.45) is 1.95. The number of carbonyl (C=O) groups is 2. The zero-order chi connectivity index (χ0) is 17.9. The van der Waals surface area contributed by atoms with Crippen molar-refractivity contribution in [1.29, 1.82) is 0 Å². The largest absolute Gasteiger partial charge is 0.444 e. The zero-order valence-electron chi connectivity index (χ0n) is 14.0. The summed E-state index contributed by atoms with van der Waals surface area (Å²) >= 11 is 0. The summed E-state index contributed by atoms with van der Waals surface area (Å²) in [4.78, 5) is 30.3. The van der Waals surface area contributed by atoms with Crippen molar-refractivity contribution in [1.82, 2.24) is 15.2 Å². The minimum atomic E-state index is -0.551. The van der Waals surface area contributed by atoms with Gasteiger partial charge in [-0.2, -0.15) is 0 Å². The van der Waals surface area contributed by atoms with Gasteiger partial charge in [-0.25, -0.2) is 9.78 Å². The van der Waals surface area contributed by atoms with E-state index in [1.54, 1.807) is 0 Å². The Kier molecular flexibility index (Phi) is 4.23. The molecule has 1 aliphatic rings. The molecule has 1 N–H and O–H groups in total. The van der Waals surface area contributed by atoms with Crippen LogP contribution in [-0.4, -0.2) is 27.9 Å². The Morgan fingerprint density at radius 3 is 2.42 bits per heavy atom. The van der Waals surface area contributed by atoms with E-state index in [0.29, 0.717) is 18.0 Å². The fourth-order valence-corrected chi connectivity index (χ4v) is 2.97. The summed E-state index contributed by atoms with van der Waals surface area (Å²) < 4.78 is 5.47. The predicted molar refractivity (Wildman–Crippen MR) is 95.0 cm³/mol. The highest BCUT2D eigenvalue weighted by atomic mass is 16.3. The second-order valence-electron chi connectivity index (χ2n) is 6.13. The molecule has 4 rings (SSSR count). The highest BCUT2D eigenvalue weighted by Crippen LogP contribution is 2.20. The Balaban J connectivity index is 1.46. The Morgan fingerprint density at radius 1 is 1.00 bits per heavy atom. The first-order valence-electron chi connectivity index (χ1n) is 8.36. The van der Waals surface area contributed by atoms with Gasteiger partial charge in [-0.3, -0.25) is 9.69 Å². The van der Waals surface area contributed by atoms with Gasteiger partial charge in [0.05, 0.1) is 12.2 Å². The minimum absolute atomic E-state index is 0.0896. The van der Waals surface area contributed by atoms with E-state index < -0.39 is 12.1 Å². The third-order valence-corrected chi connectivity index (χ3v) is 4.28. The molecular formula is C20H17N3O3. The van der Waals surface area contributed by atoms with Crippen molar-refractivity contribution in [3.8, 4) is 11.5 Å². The number of nitrogens with one attached hydrogen (secondary N) is 1. The summed E-state index contributed by atoms with van der Waals surface area (Å²) in [5, 5.41) is 2.74. The van der Waals surface area contributed by atoms with Crippen LogP contribution in [0.5, 0.6) is 0 Å². The lowest BCUT2D eigenvalue weighted by molar-refractivity contribution is -0.127. The first-order chi connectivity index (χ1) is 12.7. The topological polar surface area (TPSA) is 75.4 Å². The maximum atomic E-state index is 12.6. The minimum Gasteiger partial charge on any atom is -0.444 e. The van der Waals surface area contributed by atoms with Crippen molar-refractivity contribution in [3.63, 3.8) is 0 Å². The van der Waals surface area contributed by atoms with Gasteiger partial charge in [0.25, 0.3) is 5.91 Å². The van der Waals surface area contributed by atoms with Crippen LogP contribution in [0.1, 0.15) is 11.3 Å². The van der Waals surface area contributed by atoms with Crippen LogP contribution in [0.25, 0.3) is 11.5 Å². The highest BCUT2D eigenvalue weighted by Gasteiger charge is 2.38. The molecule has 0 saturated carbocycles.